The molecule has 118 valence electrons. The van der Waals surface area contributed by atoms with Crippen LogP contribution in [0.25, 0.3) is 0 Å². The van der Waals surface area contributed by atoms with E-state index in [0.29, 0.717) is 0 Å². The van der Waals surface area contributed by atoms with Gasteiger partial charge in [-0.05, 0) is 54.9 Å². The minimum absolute atomic E-state index is 0.0415. The van der Waals surface area contributed by atoms with E-state index in [1.54, 1.807) is 20.8 Å². The van der Waals surface area contributed by atoms with Crippen LogP contribution in [0.15, 0.2) is 27.6 Å². The zero-order valence-corrected chi connectivity index (χ0v) is 14.5. The molecule has 0 bridgehead atoms. The van der Waals surface area contributed by atoms with Gasteiger partial charge in [-0.2, -0.15) is 0 Å². The molecule has 0 saturated heterocycles. The lowest BCUT2D eigenvalue weighted by Crippen LogP contribution is -2.45. The van der Waals surface area contributed by atoms with E-state index >= 15 is 0 Å². The van der Waals surface area contributed by atoms with Crippen molar-refractivity contribution in [2.24, 2.45) is 5.73 Å². The molecule has 0 aliphatic rings. The molecular formula is C13H19BrN2O4S. The van der Waals surface area contributed by atoms with Gasteiger partial charge in [0.15, 0.2) is 0 Å². The molecule has 0 radical (unpaired) electrons. The molecule has 1 rings (SSSR count). The SMILES string of the molecule is CCOC(=O)c1ccc(S(=O)(=O)NCC(C)(C)N)c(Br)c1. The summed E-state index contributed by atoms with van der Waals surface area (Å²) < 4.78 is 32.0. The third-order valence-electron chi connectivity index (χ3n) is 2.45. The Balaban J connectivity index is 3.01. The van der Waals surface area contributed by atoms with Gasteiger partial charge in [0.1, 0.15) is 0 Å². The monoisotopic (exact) mass is 378 g/mol. The summed E-state index contributed by atoms with van der Waals surface area (Å²) in [4.78, 5) is 11.6. The molecule has 0 heterocycles. The smallest absolute Gasteiger partial charge is 0.338 e. The maximum Gasteiger partial charge on any atom is 0.338 e. The maximum atomic E-state index is 12.2. The molecule has 1 aromatic rings. The maximum absolute atomic E-state index is 12.2. The molecule has 21 heavy (non-hydrogen) atoms. The molecule has 3 N–H and O–H groups in total. The topological polar surface area (TPSA) is 98.5 Å². The second kappa shape index (κ2) is 6.87. The number of halogens is 1. The Labute approximate surface area is 133 Å². The highest BCUT2D eigenvalue weighted by molar-refractivity contribution is 9.10. The normalized spacial score (nSPS) is 12.2. The minimum Gasteiger partial charge on any atom is -0.462 e. The molecule has 0 spiro atoms. The van der Waals surface area contributed by atoms with Crippen LogP contribution in [0.4, 0.5) is 0 Å². The van der Waals surface area contributed by atoms with Crippen molar-refractivity contribution in [2.45, 2.75) is 31.2 Å². The number of carbonyl (C=O) groups is 1. The molecule has 1 aromatic carbocycles. The molecule has 0 aliphatic heterocycles. The van der Waals surface area contributed by atoms with E-state index in [-0.39, 0.29) is 28.1 Å². The van der Waals surface area contributed by atoms with Gasteiger partial charge >= 0.3 is 5.97 Å². The quantitative estimate of drug-likeness (QED) is 0.733. The Morgan fingerprint density at radius 2 is 2.05 bits per heavy atom. The van der Waals surface area contributed by atoms with Gasteiger partial charge in [-0.3, -0.25) is 0 Å². The second-order valence-corrected chi connectivity index (χ2v) is 7.77. The van der Waals surface area contributed by atoms with E-state index in [9.17, 15) is 13.2 Å². The number of hydrogen-bond donors (Lipinski definition) is 2. The largest absolute Gasteiger partial charge is 0.462 e. The van der Waals surface area contributed by atoms with E-state index in [1.807, 2.05) is 0 Å². The summed E-state index contributed by atoms with van der Waals surface area (Å²) in [6.07, 6.45) is 0. The number of rotatable bonds is 6. The van der Waals surface area contributed by atoms with Crippen molar-refractivity contribution >= 4 is 31.9 Å². The number of benzene rings is 1. The zero-order chi connectivity index (χ0) is 16.3. The first kappa shape index (κ1) is 18.1. The number of hydrogen-bond acceptors (Lipinski definition) is 5. The van der Waals surface area contributed by atoms with Gasteiger partial charge in [-0.15, -0.1) is 0 Å². The summed E-state index contributed by atoms with van der Waals surface area (Å²) in [6, 6.07) is 4.17. The summed E-state index contributed by atoms with van der Waals surface area (Å²) in [6.45, 7) is 5.48. The number of nitrogens with one attached hydrogen (secondary N) is 1. The molecule has 0 amide bonds. The lowest BCUT2D eigenvalue weighted by atomic mass is 10.1. The van der Waals surface area contributed by atoms with Crippen LogP contribution in [-0.4, -0.2) is 33.1 Å². The molecule has 0 aliphatic carbocycles. The molecule has 0 unspecified atom stereocenters. The van der Waals surface area contributed by atoms with Gasteiger partial charge in [0.25, 0.3) is 0 Å². The van der Waals surface area contributed by atoms with Crippen LogP contribution in [0.1, 0.15) is 31.1 Å². The van der Waals surface area contributed by atoms with Crippen LogP contribution >= 0.6 is 15.9 Å². The highest BCUT2D eigenvalue weighted by Gasteiger charge is 2.22. The highest BCUT2D eigenvalue weighted by Crippen LogP contribution is 2.23. The minimum atomic E-state index is -3.71. The van der Waals surface area contributed by atoms with Crippen LogP contribution in [0.3, 0.4) is 0 Å². The van der Waals surface area contributed by atoms with Crippen LogP contribution < -0.4 is 10.5 Å². The molecule has 6 nitrogen and oxygen atoms in total. The van der Waals surface area contributed by atoms with Crippen molar-refractivity contribution in [1.82, 2.24) is 4.72 Å². The van der Waals surface area contributed by atoms with E-state index in [0.717, 1.165) is 0 Å². The number of esters is 1. The number of carbonyl (C=O) groups excluding carboxylic acids is 1. The first-order valence-corrected chi connectivity index (χ1v) is 8.59. The number of ether oxygens (including phenoxy) is 1. The predicted molar refractivity (Wildman–Crippen MR) is 83.6 cm³/mol. The van der Waals surface area contributed by atoms with Crippen LogP contribution in [0, 0.1) is 0 Å². The van der Waals surface area contributed by atoms with Crippen LogP contribution in [-0.2, 0) is 14.8 Å². The van der Waals surface area contributed by atoms with Crippen molar-refractivity contribution in [3.8, 4) is 0 Å². The van der Waals surface area contributed by atoms with Gasteiger partial charge in [0, 0.05) is 16.6 Å². The second-order valence-electron chi connectivity index (χ2n) is 5.18. The summed E-state index contributed by atoms with van der Waals surface area (Å²) >= 11 is 3.16. The Hall–Kier alpha value is -0.960. The molecule has 0 aromatic heterocycles. The van der Waals surface area contributed by atoms with E-state index in [1.165, 1.54) is 18.2 Å². The van der Waals surface area contributed by atoms with Crippen molar-refractivity contribution in [2.75, 3.05) is 13.2 Å². The lowest BCUT2D eigenvalue weighted by molar-refractivity contribution is 0.0526. The fraction of sp³-hybridized carbons (Fsp3) is 0.462. The molecular weight excluding hydrogens is 360 g/mol. The molecule has 0 atom stereocenters. The van der Waals surface area contributed by atoms with Gasteiger partial charge in [-0.1, -0.05) is 0 Å². The average Bonchev–Trinajstić information content (AvgIpc) is 2.35. The van der Waals surface area contributed by atoms with Crippen molar-refractivity contribution in [1.29, 1.82) is 0 Å². The fourth-order valence-corrected chi connectivity index (χ4v) is 3.72. The van der Waals surface area contributed by atoms with Crippen molar-refractivity contribution in [3.05, 3.63) is 28.2 Å². The Bertz CT molecular complexity index is 624. The van der Waals surface area contributed by atoms with Gasteiger partial charge in [-0.25, -0.2) is 17.9 Å². The summed E-state index contributed by atoms with van der Waals surface area (Å²) in [7, 11) is -3.71. The Kier molecular flexibility index (Phi) is 5.92. The molecule has 0 fully saturated rings. The van der Waals surface area contributed by atoms with Gasteiger partial charge < -0.3 is 10.5 Å². The zero-order valence-electron chi connectivity index (χ0n) is 12.1. The third-order valence-corrected chi connectivity index (χ3v) is 4.83. The fourth-order valence-electron chi connectivity index (χ4n) is 1.42. The molecule has 8 heteroatoms. The average molecular weight is 379 g/mol. The molecule has 0 saturated carbocycles. The standard InChI is InChI=1S/C13H19BrN2O4S/c1-4-20-12(17)9-5-6-11(10(14)7-9)21(18,19)16-8-13(2,3)15/h5-7,16H,4,8,15H2,1-3H3. The van der Waals surface area contributed by atoms with Crippen molar-refractivity contribution in [3.63, 3.8) is 0 Å². The predicted octanol–water partition coefficient (Wildman–Crippen LogP) is 1.64. The first-order chi connectivity index (χ1) is 9.57. The third kappa shape index (κ3) is 5.39. The summed E-state index contributed by atoms with van der Waals surface area (Å²) in [5.74, 6) is -0.502. The highest BCUT2D eigenvalue weighted by atomic mass is 79.9. The van der Waals surface area contributed by atoms with Gasteiger partial charge in [0.2, 0.25) is 10.0 Å². The van der Waals surface area contributed by atoms with E-state index < -0.39 is 21.5 Å². The van der Waals surface area contributed by atoms with E-state index in [4.69, 9.17) is 10.5 Å². The number of nitrogens with two attached hydrogens (primary N) is 1. The summed E-state index contributed by atoms with van der Waals surface area (Å²) in [5, 5.41) is 0. The lowest BCUT2D eigenvalue weighted by Gasteiger charge is -2.19. The van der Waals surface area contributed by atoms with E-state index in [2.05, 4.69) is 20.7 Å². The summed E-state index contributed by atoms with van der Waals surface area (Å²) in [5.41, 5.74) is 5.37. The first-order valence-electron chi connectivity index (χ1n) is 6.32. The Morgan fingerprint density at radius 3 is 2.52 bits per heavy atom. The van der Waals surface area contributed by atoms with Crippen molar-refractivity contribution < 1.29 is 17.9 Å². The number of sulfonamides is 1. The Morgan fingerprint density at radius 1 is 1.43 bits per heavy atom. The van der Waals surface area contributed by atoms with Gasteiger partial charge in [0.05, 0.1) is 17.1 Å². The van der Waals surface area contributed by atoms with Crippen LogP contribution in [0.5, 0.6) is 0 Å². The van der Waals surface area contributed by atoms with Crippen LogP contribution in [0.2, 0.25) is 0 Å².